The molecule has 0 aliphatic rings. The van der Waals surface area contributed by atoms with Crippen molar-refractivity contribution in [3.8, 4) is 22.5 Å². The fraction of sp³-hybridized carbons (Fsp3) is 0.0833. The number of urea groups is 1. The number of amides is 2. The summed E-state index contributed by atoms with van der Waals surface area (Å²) in [5.41, 5.74) is 3.51. The molecule has 3 aromatic carbocycles. The fourth-order valence-corrected chi connectivity index (χ4v) is 3.19. The summed E-state index contributed by atoms with van der Waals surface area (Å²) in [6.45, 7) is 1.40. The summed E-state index contributed by atoms with van der Waals surface area (Å²) >= 11 is 0. The van der Waals surface area contributed by atoms with Gasteiger partial charge < -0.3 is 15.2 Å². The summed E-state index contributed by atoms with van der Waals surface area (Å²) in [6.07, 6.45) is 0. The van der Waals surface area contributed by atoms with Crippen LogP contribution < -0.4 is 10.6 Å². The second kappa shape index (κ2) is 8.79. The number of aryl methyl sites for hydroxylation is 1. The lowest BCUT2D eigenvalue weighted by Gasteiger charge is -2.09. The van der Waals surface area contributed by atoms with Crippen LogP contribution in [0.15, 0.2) is 77.3 Å². The maximum atomic E-state index is 13.7. The molecule has 5 nitrogen and oxygen atoms in total. The monoisotopic (exact) mass is 419 g/mol. The van der Waals surface area contributed by atoms with E-state index in [1.807, 2.05) is 54.6 Å². The van der Waals surface area contributed by atoms with Gasteiger partial charge in [-0.15, -0.1) is 0 Å². The molecular weight excluding hydrogens is 400 g/mol. The van der Waals surface area contributed by atoms with Crippen molar-refractivity contribution in [2.75, 3.05) is 5.32 Å². The molecule has 0 aliphatic heterocycles. The standard InChI is InChI=1S/C24H19F2N3O2/c1-15-22(28-24(30)27-14-19-20(25)8-5-9-21(19)26)23(31-29-15)18-12-10-17(11-13-18)16-6-3-2-4-7-16/h2-13H,14H2,1H3,(H2,27,28,30). The lowest BCUT2D eigenvalue weighted by Crippen LogP contribution is -2.29. The van der Waals surface area contributed by atoms with E-state index in [9.17, 15) is 13.6 Å². The van der Waals surface area contributed by atoms with Crippen molar-refractivity contribution >= 4 is 11.7 Å². The number of carbonyl (C=O) groups excluding carboxylic acids is 1. The third-order valence-corrected chi connectivity index (χ3v) is 4.84. The quantitative estimate of drug-likeness (QED) is 0.422. The maximum absolute atomic E-state index is 13.7. The summed E-state index contributed by atoms with van der Waals surface area (Å²) < 4.78 is 32.9. The SMILES string of the molecule is Cc1noc(-c2ccc(-c3ccccc3)cc2)c1NC(=O)NCc1c(F)cccc1F. The normalized spacial score (nSPS) is 10.7. The van der Waals surface area contributed by atoms with Crippen molar-refractivity contribution in [2.24, 2.45) is 0 Å². The van der Waals surface area contributed by atoms with Crippen LogP contribution in [0, 0.1) is 18.6 Å². The van der Waals surface area contributed by atoms with E-state index < -0.39 is 17.7 Å². The molecule has 0 unspecified atom stereocenters. The van der Waals surface area contributed by atoms with Gasteiger partial charge in [-0.25, -0.2) is 13.6 Å². The molecule has 0 bridgehead atoms. The molecule has 7 heteroatoms. The molecule has 4 rings (SSSR count). The third-order valence-electron chi connectivity index (χ3n) is 4.84. The second-order valence-corrected chi connectivity index (χ2v) is 6.92. The summed E-state index contributed by atoms with van der Waals surface area (Å²) in [6, 6.07) is 20.5. The number of nitrogens with one attached hydrogen (secondary N) is 2. The minimum atomic E-state index is -0.722. The number of nitrogens with zero attached hydrogens (tertiary/aromatic N) is 1. The number of carbonyl (C=O) groups is 1. The molecule has 2 amide bonds. The first-order valence-electron chi connectivity index (χ1n) is 9.63. The Hall–Kier alpha value is -4.00. The zero-order valence-electron chi connectivity index (χ0n) is 16.7. The Kier molecular flexibility index (Phi) is 5.75. The Bertz CT molecular complexity index is 1190. The van der Waals surface area contributed by atoms with E-state index in [0.717, 1.165) is 28.8 Å². The average molecular weight is 419 g/mol. The fourth-order valence-electron chi connectivity index (χ4n) is 3.19. The molecule has 4 aromatic rings. The Balaban J connectivity index is 1.49. The lowest BCUT2D eigenvalue weighted by molar-refractivity contribution is 0.251. The zero-order valence-corrected chi connectivity index (χ0v) is 16.7. The highest BCUT2D eigenvalue weighted by Gasteiger charge is 2.18. The third kappa shape index (κ3) is 4.45. The van der Waals surface area contributed by atoms with Crippen LogP contribution in [-0.2, 0) is 6.54 Å². The topological polar surface area (TPSA) is 67.2 Å². The van der Waals surface area contributed by atoms with Crippen molar-refractivity contribution < 1.29 is 18.1 Å². The number of rotatable bonds is 5. The summed E-state index contributed by atoms with van der Waals surface area (Å²) in [5, 5.41) is 9.05. The number of halogens is 2. The maximum Gasteiger partial charge on any atom is 0.319 e. The van der Waals surface area contributed by atoms with Gasteiger partial charge in [0.15, 0.2) is 5.76 Å². The minimum absolute atomic E-state index is 0.212. The molecule has 0 saturated heterocycles. The molecule has 1 heterocycles. The van der Waals surface area contributed by atoms with Gasteiger partial charge in [0.05, 0.1) is 6.54 Å². The van der Waals surface area contributed by atoms with Crippen LogP contribution in [-0.4, -0.2) is 11.2 Å². The van der Waals surface area contributed by atoms with Gasteiger partial charge >= 0.3 is 6.03 Å². The molecule has 0 aliphatic carbocycles. The summed E-state index contributed by atoms with van der Waals surface area (Å²) in [4.78, 5) is 12.3. The molecule has 156 valence electrons. The van der Waals surface area contributed by atoms with Gasteiger partial charge in [-0.05, 0) is 30.2 Å². The zero-order chi connectivity index (χ0) is 21.8. The average Bonchev–Trinajstić information content (AvgIpc) is 3.14. The second-order valence-electron chi connectivity index (χ2n) is 6.92. The van der Waals surface area contributed by atoms with Crippen molar-refractivity contribution in [2.45, 2.75) is 13.5 Å². The highest BCUT2D eigenvalue weighted by molar-refractivity contribution is 5.94. The minimum Gasteiger partial charge on any atom is -0.354 e. The molecule has 0 atom stereocenters. The molecule has 0 spiro atoms. The largest absolute Gasteiger partial charge is 0.354 e. The predicted octanol–water partition coefficient (Wildman–Crippen LogP) is 5.92. The van der Waals surface area contributed by atoms with Crippen molar-refractivity contribution in [1.82, 2.24) is 10.5 Å². The molecule has 2 N–H and O–H groups in total. The lowest BCUT2D eigenvalue weighted by atomic mass is 10.0. The predicted molar refractivity (Wildman–Crippen MR) is 114 cm³/mol. The van der Waals surface area contributed by atoms with Gasteiger partial charge in [0, 0.05) is 11.1 Å². The van der Waals surface area contributed by atoms with E-state index in [2.05, 4.69) is 15.8 Å². The van der Waals surface area contributed by atoms with Crippen molar-refractivity contribution in [3.05, 3.63) is 95.7 Å². The molecule has 0 fully saturated rings. The van der Waals surface area contributed by atoms with E-state index in [-0.39, 0.29) is 12.1 Å². The van der Waals surface area contributed by atoms with Crippen molar-refractivity contribution in [1.29, 1.82) is 0 Å². The van der Waals surface area contributed by atoms with Gasteiger partial charge in [0.1, 0.15) is 23.0 Å². The number of hydrogen-bond acceptors (Lipinski definition) is 3. The van der Waals surface area contributed by atoms with Crippen LogP contribution in [0.1, 0.15) is 11.3 Å². The highest BCUT2D eigenvalue weighted by Crippen LogP contribution is 2.32. The number of aromatic nitrogens is 1. The smallest absolute Gasteiger partial charge is 0.319 e. The van der Waals surface area contributed by atoms with E-state index in [1.165, 1.54) is 6.07 Å². The first kappa shape index (κ1) is 20.3. The van der Waals surface area contributed by atoms with Gasteiger partial charge in [-0.2, -0.15) is 0 Å². The Morgan fingerprint density at radius 2 is 1.48 bits per heavy atom. The Morgan fingerprint density at radius 3 is 2.16 bits per heavy atom. The van der Waals surface area contributed by atoms with E-state index >= 15 is 0 Å². The van der Waals surface area contributed by atoms with Crippen LogP contribution in [0.2, 0.25) is 0 Å². The summed E-state index contributed by atoms with van der Waals surface area (Å²) in [7, 11) is 0. The Morgan fingerprint density at radius 1 is 0.871 bits per heavy atom. The van der Waals surface area contributed by atoms with E-state index in [4.69, 9.17) is 4.52 Å². The van der Waals surface area contributed by atoms with Crippen molar-refractivity contribution in [3.63, 3.8) is 0 Å². The van der Waals surface area contributed by atoms with E-state index in [0.29, 0.717) is 17.1 Å². The molecule has 1 aromatic heterocycles. The highest BCUT2D eigenvalue weighted by atomic mass is 19.1. The van der Waals surface area contributed by atoms with Gasteiger partial charge in [-0.3, -0.25) is 0 Å². The van der Waals surface area contributed by atoms with Crippen LogP contribution in [0.3, 0.4) is 0 Å². The number of benzene rings is 3. The van der Waals surface area contributed by atoms with E-state index in [1.54, 1.807) is 6.92 Å². The molecule has 0 radical (unpaired) electrons. The van der Waals surface area contributed by atoms with Crippen LogP contribution in [0.25, 0.3) is 22.5 Å². The number of anilines is 1. The molecule has 31 heavy (non-hydrogen) atoms. The molecule has 0 saturated carbocycles. The first-order chi connectivity index (χ1) is 15.0. The number of hydrogen-bond donors (Lipinski definition) is 2. The van der Waals surface area contributed by atoms with Gasteiger partial charge in [0.2, 0.25) is 0 Å². The van der Waals surface area contributed by atoms with Gasteiger partial charge in [0.25, 0.3) is 0 Å². The summed E-state index contributed by atoms with van der Waals surface area (Å²) in [5.74, 6) is -1.05. The van der Waals surface area contributed by atoms with Crippen LogP contribution >= 0.6 is 0 Å². The Labute approximate surface area is 177 Å². The first-order valence-corrected chi connectivity index (χ1v) is 9.63. The van der Waals surface area contributed by atoms with Crippen LogP contribution in [0.4, 0.5) is 19.3 Å². The van der Waals surface area contributed by atoms with Gasteiger partial charge in [-0.1, -0.05) is 65.8 Å². The molecular formula is C24H19F2N3O2. The van der Waals surface area contributed by atoms with Crippen LogP contribution in [0.5, 0.6) is 0 Å².